The van der Waals surface area contributed by atoms with Gasteiger partial charge in [-0.15, -0.1) is 0 Å². The highest BCUT2D eigenvalue weighted by atomic mass is 16.1. The SMILES string of the molecule is Cc1nn(CC(C)C)c(C)c1CC(=O)N[C@@H](C)c1ccc(-n2ccnc2)cc1. The number of hydrogen-bond donors (Lipinski definition) is 1. The summed E-state index contributed by atoms with van der Waals surface area (Å²) < 4.78 is 3.97. The molecule has 0 bridgehead atoms. The second-order valence-corrected chi connectivity index (χ2v) is 7.75. The minimum Gasteiger partial charge on any atom is -0.349 e. The van der Waals surface area contributed by atoms with Crippen molar-refractivity contribution in [2.75, 3.05) is 0 Å². The molecular weight excluding hydrogens is 350 g/mol. The number of hydrogen-bond acceptors (Lipinski definition) is 3. The first kappa shape index (κ1) is 19.9. The molecule has 1 aromatic carbocycles. The Balaban J connectivity index is 1.64. The van der Waals surface area contributed by atoms with E-state index in [2.05, 4.69) is 29.2 Å². The van der Waals surface area contributed by atoms with E-state index in [0.29, 0.717) is 12.3 Å². The molecule has 1 amide bonds. The Morgan fingerprint density at radius 2 is 1.86 bits per heavy atom. The second kappa shape index (κ2) is 8.42. The Bertz CT molecular complexity index is 923. The van der Waals surface area contributed by atoms with Gasteiger partial charge in [-0.3, -0.25) is 9.48 Å². The third-order valence-corrected chi connectivity index (χ3v) is 4.98. The molecule has 0 saturated carbocycles. The van der Waals surface area contributed by atoms with Gasteiger partial charge in [0.2, 0.25) is 5.91 Å². The van der Waals surface area contributed by atoms with Crippen molar-refractivity contribution in [1.29, 1.82) is 0 Å². The molecule has 0 spiro atoms. The van der Waals surface area contributed by atoms with Crippen LogP contribution in [0.5, 0.6) is 0 Å². The number of benzene rings is 1. The number of imidazole rings is 1. The van der Waals surface area contributed by atoms with Gasteiger partial charge in [0.1, 0.15) is 0 Å². The highest BCUT2D eigenvalue weighted by Gasteiger charge is 2.17. The molecular formula is C22H29N5O. The molecule has 28 heavy (non-hydrogen) atoms. The number of rotatable bonds is 7. The fraction of sp³-hybridized carbons (Fsp3) is 0.409. The lowest BCUT2D eigenvalue weighted by atomic mass is 10.1. The van der Waals surface area contributed by atoms with Crippen molar-refractivity contribution >= 4 is 5.91 Å². The van der Waals surface area contributed by atoms with E-state index in [9.17, 15) is 4.79 Å². The third kappa shape index (κ3) is 4.50. The van der Waals surface area contributed by atoms with Crippen LogP contribution in [0.25, 0.3) is 5.69 Å². The summed E-state index contributed by atoms with van der Waals surface area (Å²) in [5.41, 5.74) is 5.16. The number of nitrogens with one attached hydrogen (secondary N) is 1. The second-order valence-electron chi connectivity index (χ2n) is 7.75. The van der Waals surface area contributed by atoms with Gasteiger partial charge in [-0.2, -0.15) is 5.10 Å². The van der Waals surface area contributed by atoms with E-state index in [1.165, 1.54) is 0 Å². The zero-order valence-corrected chi connectivity index (χ0v) is 17.3. The standard InChI is InChI=1S/C22H29N5O/c1-15(2)13-27-18(5)21(17(4)25-27)12-22(28)24-16(3)19-6-8-20(9-7-19)26-11-10-23-14-26/h6-11,14-16H,12-13H2,1-5H3,(H,24,28)/t16-/m0/s1. The first-order valence-electron chi connectivity index (χ1n) is 9.75. The smallest absolute Gasteiger partial charge is 0.225 e. The third-order valence-electron chi connectivity index (χ3n) is 4.98. The van der Waals surface area contributed by atoms with Gasteiger partial charge in [0.05, 0.1) is 24.5 Å². The van der Waals surface area contributed by atoms with Crippen LogP contribution in [0.4, 0.5) is 0 Å². The highest BCUT2D eigenvalue weighted by Crippen LogP contribution is 2.18. The molecule has 2 aromatic heterocycles. The number of carbonyl (C=O) groups is 1. The molecule has 0 radical (unpaired) electrons. The molecule has 0 fully saturated rings. The summed E-state index contributed by atoms with van der Waals surface area (Å²) in [5, 5.41) is 7.71. The van der Waals surface area contributed by atoms with Crippen LogP contribution in [0.1, 0.15) is 49.3 Å². The number of aromatic nitrogens is 4. The van der Waals surface area contributed by atoms with Crippen molar-refractivity contribution in [3.05, 3.63) is 65.5 Å². The lowest BCUT2D eigenvalue weighted by Crippen LogP contribution is -2.28. The van der Waals surface area contributed by atoms with E-state index in [1.54, 1.807) is 12.5 Å². The van der Waals surface area contributed by atoms with Crippen LogP contribution in [0.2, 0.25) is 0 Å². The van der Waals surface area contributed by atoms with Crippen LogP contribution in [0, 0.1) is 19.8 Å². The summed E-state index contributed by atoms with van der Waals surface area (Å²) >= 11 is 0. The highest BCUT2D eigenvalue weighted by molar-refractivity contribution is 5.79. The van der Waals surface area contributed by atoms with E-state index in [1.807, 2.05) is 60.5 Å². The normalized spacial score (nSPS) is 12.4. The fourth-order valence-electron chi connectivity index (χ4n) is 3.40. The molecule has 0 saturated heterocycles. The van der Waals surface area contributed by atoms with E-state index >= 15 is 0 Å². The van der Waals surface area contributed by atoms with E-state index in [4.69, 9.17) is 0 Å². The number of nitrogens with zero attached hydrogens (tertiary/aromatic N) is 4. The van der Waals surface area contributed by atoms with Gasteiger partial charge < -0.3 is 9.88 Å². The lowest BCUT2D eigenvalue weighted by molar-refractivity contribution is -0.121. The maximum atomic E-state index is 12.6. The minimum atomic E-state index is -0.0596. The molecule has 0 aliphatic heterocycles. The molecule has 2 heterocycles. The quantitative estimate of drug-likeness (QED) is 0.680. The first-order valence-corrected chi connectivity index (χ1v) is 9.75. The summed E-state index contributed by atoms with van der Waals surface area (Å²) in [6, 6.07) is 8.08. The van der Waals surface area contributed by atoms with Crippen molar-refractivity contribution in [2.24, 2.45) is 5.92 Å². The van der Waals surface area contributed by atoms with Crippen LogP contribution in [0.15, 0.2) is 43.0 Å². The Kier molecular flexibility index (Phi) is 5.97. The van der Waals surface area contributed by atoms with Gasteiger partial charge in [0, 0.05) is 35.9 Å². The molecule has 0 unspecified atom stereocenters. The van der Waals surface area contributed by atoms with Crippen molar-refractivity contribution < 1.29 is 4.79 Å². The number of amides is 1. The molecule has 1 N–H and O–H groups in total. The van der Waals surface area contributed by atoms with Gasteiger partial charge in [-0.05, 0) is 44.4 Å². The van der Waals surface area contributed by atoms with Crippen LogP contribution >= 0.6 is 0 Å². The Labute approximate surface area is 166 Å². The Morgan fingerprint density at radius 1 is 1.14 bits per heavy atom. The molecule has 1 atom stereocenters. The topological polar surface area (TPSA) is 64.7 Å². The molecule has 148 valence electrons. The average Bonchev–Trinajstić information content (AvgIpc) is 3.26. The van der Waals surface area contributed by atoms with Crippen molar-refractivity contribution in [2.45, 2.75) is 53.6 Å². The van der Waals surface area contributed by atoms with Gasteiger partial charge in [-0.25, -0.2) is 4.98 Å². The minimum absolute atomic E-state index is 0.0153. The summed E-state index contributed by atoms with van der Waals surface area (Å²) in [7, 11) is 0. The van der Waals surface area contributed by atoms with Crippen LogP contribution < -0.4 is 5.32 Å². The Hall–Kier alpha value is -2.89. The molecule has 0 aliphatic carbocycles. The van der Waals surface area contributed by atoms with Gasteiger partial charge in [-0.1, -0.05) is 26.0 Å². The van der Waals surface area contributed by atoms with Gasteiger partial charge in [0.25, 0.3) is 0 Å². The predicted molar refractivity (Wildman–Crippen MR) is 110 cm³/mol. The molecule has 0 aliphatic rings. The Morgan fingerprint density at radius 3 is 2.46 bits per heavy atom. The molecule has 3 rings (SSSR count). The number of aryl methyl sites for hydroxylation is 1. The zero-order valence-electron chi connectivity index (χ0n) is 17.3. The van der Waals surface area contributed by atoms with Crippen molar-refractivity contribution in [3.8, 4) is 5.69 Å². The molecule has 6 nitrogen and oxygen atoms in total. The summed E-state index contributed by atoms with van der Waals surface area (Å²) in [4.78, 5) is 16.7. The largest absolute Gasteiger partial charge is 0.349 e. The maximum Gasteiger partial charge on any atom is 0.225 e. The summed E-state index contributed by atoms with van der Waals surface area (Å²) in [6.45, 7) is 11.2. The predicted octanol–water partition coefficient (Wildman–Crippen LogP) is 3.76. The van der Waals surface area contributed by atoms with Crippen LogP contribution in [0.3, 0.4) is 0 Å². The summed E-state index contributed by atoms with van der Waals surface area (Å²) in [6.07, 6.45) is 5.78. The van der Waals surface area contributed by atoms with Crippen LogP contribution in [-0.4, -0.2) is 25.2 Å². The van der Waals surface area contributed by atoms with E-state index < -0.39 is 0 Å². The lowest BCUT2D eigenvalue weighted by Gasteiger charge is -2.15. The fourth-order valence-corrected chi connectivity index (χ4v) is 3.40. The number of carbonyl (C=O) groups excluding carboxylic acids is 1. The van der Waals surface area contributed by atoms with Gasteiger partial charge >= 0.3 is 0 Å². The van der Waals surface area contributed by atoms with Gasteiger partial charge in [0.15, 0.2) is 0 Å². The molecule has 6 heteroatoms. The van der Waals surface area contributed by atoms with E-state index in [0.717, 1.165) is 34.7 Å². The maximum absolute atomic E-state index is 12.6. The van der Waals surface area contributed by atoms with E-state index in [-0.39, 0.29) is 11.9 Å². The average molecular weight is 380 g/mol. The first-order chi connectivity index (χ1) is 13.3. The monoisotopic (exact) mass is 379 g/mol. The zero-order chi connectivity index (χ0) is 20.3. The molecule has 3 aromatic rings. The van der Waals surface area contributed by atoms with Crippen molar-refractivity contribution in [1.82, 2.24) is 24.6 Å². The van der Waals surface area contributed by atoms with Crippen molar-refractivity contribution in [3.63, 3.8) is 0 Å². The van der Waals surface area contributed by atoms with Crippen LogP contribution in [-0.2, 0) is 17.8 Å². The summed E-state index contributed by atoms with van der Waals surface area (Å²) in [5.74, 6) is 0.534.